The van der Waals surface area contributed by atoms with Gasteiger partial charge in [-0.15, -0.1) is 0 Å². The summed E-state index contributed by atoms with van der Waals surface area (Å²) >= 11 is 3.46. The molecule has 1 aromatic rings. The van der Waals surface area contributed by atoms with Crippen molar-refractivity contribution in [1.82, 2.24) is 0 Å². The number of esters is 1. The summed E-state index contributed by atoms with van der Waals surface area (Å²) in [5.74, 6) is 0.724. The summed E-state index contributed by atoms with van der Waals surface area (Å²) in [4.78, 5) is 11.4. The minimum Gasteiger partial charge on any atom is -0.493 e. The Kier molecular flexibility index (Phi) is 6.92. The Hall–Kier alpha value is -1.03. The summed E-state index contributed by atoms with van der Waals surface area (Å²) < 4.78 is 11.5. The van der Waals surface area contributed by atoms with Crippen LogP contribution in [-0.4, -0.2) is 19.7 Å². The highest BCUT2D eigenvalue weighted by atomic mass is 79.9. The first-order valence-electron chi connectivity index (χ1n) is 6.57. The van der Waals surface area contributed by atoms with Crippen LogP contribution >= 0.6 is 15.9 Å². The van der Waals surface area contributed by atoms with Crippen LogP contribution in [-0.2, 0) is 9.53 Å². The number of ether oxygens (including phenoxy) is 2. The van der Waals surface area contributed by atoms with Crippen molar-refractivity contribution in [1.29, 1.82) is 0 Å². The third-order valence-electron chi connectivity index (χ3n) is 2.96. The monoisotopic (exact) mass is 328 g/mol. The number of rotatable bonds is 7. The molecule has 0 fully saturated rings. The van der Waals surface area contributed by atoms with Crippen molar-refractivity contribution in [3.05, 3.63) is 28.2 Å². The molecule has 0 aliphatic heterocycles. The Balaban J connectivity index is 2.83. The van der Waals surface area contributed by atoms with Gasteiger partial charge < -0.3 is 9.47 Å². The van der Waals surface area contributed by atoms with E-state index in [2.05, 4.69) is 22.9 Å². The van der Waals surface area contributed by atoms with Crippen molar-refractivity contribution in [2.24, 2.45) is 0 Å². The molecule has 0 bridgehead atoms. The van der Waals surface area contributed by atoms with Crippen molar-refractivity contribution >= 4 is 21.9 Å². The first kappa shape index (κ1) is 16.0. The fraction of sp³-hybridized carbons (Fsp3) is 0.533. The molecule has 1 aromatic carbocycles. The molecule has 19 heavy (non-hydrogen) atoms. The predicted octanol–water partition coefficient (Wildman–Crippen LogP) is 4.29. The van der Waals surface area contributed by atoms with Crippen LogP contribution in [0, 0.1) is 0 Å². The summed E-state index contributed by atoms with van der Waals surface area (Å²) in [5, 5.41) is 0. The van der Waals surface area contributed by atoms with Gasteiger partial charge in [0.25, 0.3) is 0 Å². The average Bonchev–Trinajstić information content (AvgIpc) is 2.40. The zero-order valence-corrected chi connectivity index (χ0v) is 13.3. The maximum Gasteiger partial charge on any atom is 0.306 e. The van der Waals surface area contributed by atoms with E-state index < -0.39 is 0 Å². The van der Waals surface area contributed by atoms with Gasteiger partial charge in [-0.05, 0) is 36.1 Å². The summed E-state index contributed by atoms with van der Waals surface area (Å²) in [5.41, 5.74) is 1.04. The third kappa shape index (κ3) is 5.23. The fourth-order valence-electron chi connectivity index (χ4n) is 1.81. The highest BCUT2D eigenvalue weighted by Crippen LogP contribution is 2.32. The number of benzene rings is 1. The van der Waals surface area contributed by atoms with Crippen LogP contribution in [0.1, 0.15) is 44.6 Å². The second kappa shape index (κ2) is 8.20. The van der Waals surface area contributed by atoms with Gasteiger partial charge in [0.15, 0.2) is 0 Å². The SMILES string of the molecule is CCCCOc1ccc(Br)cc1C(C)CC(=O)OC. The van der Waals surface area contributed by atoms with Gasteiger partial charge >= 0.3 is 5.97 Å². The van der Waals surface area contributed by atoms with Crippen molar-refractivity contribution in [3.63, 3.8) is 0 Å². The lowest BCUT2D eigenvalue weighted by Crippen LogP contribution is -2.08. The molecule has 0 saturated heterocycles. The Morgan fingerprint density at radius 1 is 1.42 bits per heavy atom. The molecule has 106 valence electrons. The molecule has 0 spiro atoms. The normalized spacial score (nSPS) is 12.0. The van der Waals surface area contributed by atoms with Crippen molar-refractivity contribution in [2.45, 2.75) is 39.0 Å². The molecule has 0 aliphatic carbocycles. The molecule has 0 saturated carbocycles. The van der Waals surface area contributed by atoms with Gasteiger partial charge in [-0.1, -0.05) is 36.2 Å². The number of carbonyl (C=O) groups is 1. The number of methoxy groups -OCH3 is 1. The number of unbranched alkanes of at least 4 members (excludes halogenated alkanes) is 1. The molecule has 0 radical (unpaired) electrons. The maximum absolute atomic E-state index is 11.4. The van der Waals surface area contributed by atoms with Gasteiger partial charge in [0, 0.05) is 4.47 Å². The topological polar surface area (TPSA) is 35.5 Å². The molecular formula is C15H21BrO3. The Bertz CT molecular complexity index is 418. The van der Waals surface area contributed by atoms with E-state index in [9.17, 15) is 4.79 Å². The molecule has 1 atom stereocenters. The highest BCUT2D eigenvalue weighted by molar-refractivity contribution is 9.10. The number of hydrogen-bond donors (Lipinski definition) is 0. The summed E-state index contributed by atoms with van der Waals surface area (Å²) in [6.45, 7) is 4.84. The van der Waals surface area contributed by atoms with E-state index >= 15 is 0 Å². The minimum absolute atomic E-state index is 0.0709. The molecule has 0 aromatic heterocycles. The van der Waals surface area contributed by atoms with Gasteiger partial charge in [0.1, 0.15) is 5.75 Å². The van der Waals surface area contributed by atoms with Crippen LogP contribution in [0.4, 0.5) is 0 Å². The summed E-state index contributed by atoms with van der Waals surface area (Å²) in [6, 6.07) is 5.91. The number of hydrogen-bond acceptors (Lipinski definition) is 3. The van der Waals surface area contributed by atoms with Crippen LogP contribution in [0.3, 0.4) is 0 Å². The molecule has 1 rings (SSSR count). The van der Waals surface area contributed by atoms with E-state index in [1.807, 2.05) is 25.1 Å². The quantitative estimate of drug-likeness (QED) is 0.553. The molecular weight excluding hydrogens is 308 g/mol. The maximum atomic E-state index is 11.4. The average molecular weight is 329 g/mol. The summed E-state index contributed by atoms with van der Waals surface area (Å²) in [6.07, 6.45) is 2.49. The van der Waals surface area contributed by atoms with E-state index in [1.54, 1.807) is 0 Å². The van der Waals surface area contributed by atoms with Gasteiger partial charge in [-0.2, -0.15) is 0 Å². The zero-order valence-electron chi connectivity index (χ0n) is 11.7. The smallest absolute Gasteiger partial charge is 0.306 e. The molecule has 4 heteroatoms. The largest absolute Gasteiger partial charge is 0.493 e. The van der Waals surface area contributed by atoms with E-state index in [-0.39, 0.29) is 11.9 Å². The van der Waals surface area contributed by atoms with E-state index in [4.69, 9.17) is 9.47 Å². The molecule has 0 aliphatic rings. The lowest BCUT2D eigenvalue weighted by molar-refractivity contribution is -0.140. The first-order chi connectivity index (χ1) is 9.08. The summed E-state index contributed by atoms with van der Waals surface area (Å²) in [7, 11) is 1.41. The fourth-order valence-corrected chi connectivity index (χ4v) is 2.18. The lowest BCUT2D eigenvalue weighted by Gasteiger charge is -2.16. The standard InChI is InChI=1S/C15H21BrO3/c1-4-5-8-19-14-7-6-12(16)10-13(14)11(2)9-15(17)18-3/h6-7,10-11H,4-5,8-9H2,1-3H3. The number of halogens is 1. The van der Waals surface area contributed by atoms with Crippen molar-refractivity contribution in [2.75, 3.05) is 13.7 Å². The second-order valence-corrected chi connectivity index (χ2v) is 5.48. The van der Waals surface area contributed by atoms with Gasteiger partial charge in [-0.3, -0.25) is 4.79 Å². The van der Waals surface area contributed by atoms with Crippen LogP contribution in [0.15, 0.2) is 22.7 Å². The zero-order chi connectivity index (χ0) is 14.3. The minimum atomic E-state index is -0.202. The van der Waals surface area contributed by atoms with Gasteiger partial charge in [0.05, 0.1) is 20.1 Å². The molecule has 1 unspecified atom stereocenters. The molecule has 3 nitrogen and oxygen atoms in total. The van der Waals surface area contributed by atoms with E-state index in [0.29, 0.717) is 13.0 Å². The van der Waals surface area contributed by atoms with Crippen LogP contribution in [0.2, 0.25) is 0 Å². The lowest BCUT2D eigenvalue weighted by atomic mass is 9.97. The van der Waals surface area contributed by atoms with Crippen LogP contribution < -0.4 is 4.74 Å². The van der Waals surface area contributed by atoms with Crippen molar-refractivity contribution < 1.29 is 14.3 Å². The molecule has 0 heterocycles. The van der Waals surface area contributed by atoms with Crippen molar-refractivity contribution in [3.8, 4) is 5.75 Å². The van der Waals surface area contributed by atoms with Gasteiger partial charge in [-0.25, -0.2) is 0 Å². The number of carbonyl (C=O) groups excluding carboxylic acids is 1. The Labute approximate surface area is 123 Å². The van der Waals surface area contributed by atoms with E-state index in [1.165, 1.54) is 7.11 Å². The van der Waals surface area contributed by atoms with Crippen LogP contribution in [0.5, 0.6) is 5.75 Å². The molecule has 0 amide bonds. The highest BCUT2D eigenvalue weighted by Gasteiger charge is 2.16. The molecule has 0 N–H and O–H groups in total. The first-order valence-corrected chi connectivity index (χ1v) is 7.36. The van der Waals surface area contributed by atoms with E-state index in [0.717, 1.165) is 28.6 Å². The second-order valence-electron chi connectivity index (χ2n) is 4.57. The Morgan fingerprint density at radius 2 is 2.16 bits per heavy atom. The van der Waals surface area contributed by atoms with Gasteiger partial charge in [0.2, 0.25) is 0 Å². The third-order valence-corrected chi connectivity index (χ3v) is 3.45. The van der Waals surface area contributed by atoms with Crippen LogP contribution in [0.25, 0.3) is 0 Å². The predicted molar refractivity (Wildman–Crippen MR) is 79.6 cm³/mol. The Morgan fingerprint density at radius 3 is 2.79 bits per heavy atom.